The zero-order valence-electron chi connectivity index (χ0n) is 17.8. The van der Waals surface area contributed by atoms with Gasteiger partial charge in [-0.2, -0.15) is 4.31 Å². The average Bonchev–Trinajstić information content (AvgIpc) is 2.67. The minimum atomic E-state index is -3.58. The Labute approximate surface area is 178 Å². The minimum absolute atomic E-state index is 0.137. The highest BCUT2D eigenvalue weighted by Gasteiger charge is 2.23. The molecule has 5 nitrogen and oxygen atoms in total. The third-order valence-electron chi connectivity index (χ3n) is 4.88. The molecule has 2 aromatic carbocycles. The standard InChI is InChI=1S/C22H30N2O3S2/c1-6-24(7-2)29(26,27)20-12-17(4)18(5)21(13-20)23-22(25)15-28-14-19-10-8-16(3)9-11-19/h8-13H,6-7,14-15H2,1-5H3,(H,23,25). The minimum Gasteiger partial charge on any atom is -0.325 e. The monoisotopic (exact) mass is 434 g/mol. The summed E-state index contributed by atoms with van der Waals surface area (Å²) in [5.74, 6) is 0.920. The van der Waals surface area contributed by atoms with Crippen molar-refractivity contribution in [2.75, 3.05) is 24.2 Å². The maximum Gasteiger partial charge on any atom is 0.243 e. The number of nitrogens with one attached hydrogen (secondary N) is 1. The van der Waals surface area contributed by atoms with Gasteiger partial charge in [0.1, 0.15) is 0 Å². The fourth-order valence-corrected chi connectivity index (χ4v) is 5.31. The Bertz CT molecular complexity index is 951. The van der Waals surface area contributed by atoms with E-state index >= 15 is 0 Å². The lowest BCUT2D eigenvalue weighted by atomic mass is 10.1. The fraction of sp³-hybridized carbons (Fsp3) is 0.409. The second-order valence-electron chi connectivity index (χ2n) is 7.03. The third-order valence-corrected chi connectivity index (χ3v) is 7.91. The molecule has 0 radical (unpaired) electrons. The van der Waals surface area contributed by atoms with Crippen molar-refractivity contribution in [3.05, 3.63) is 58.7 Å². The first-order valence-electron chi connectivity index (χ1n) is 9.73. The lowest BCUT2D eigenvalue weighted by molar-refractivity contribution is -0.113. The molecule has 0 spiro atoms. The molecular formula is C22H30N2O3S2. The molecule has 0 unspecified atom stereocenters. The van der Waals surface area contributed by atoms with E-state index in [1.807, 2.05) is 34.6 Å². The van der Waals surface area contributed by atoms with Crippen LogP contribution in [0.25, 0.3) is 0 Å². The van der Waals surface area contributed by atoms with Crippen LogP contribution in [0.3, 0.4) is 0 Å². The number of carbonyl (C=O) groups is 1. The summed E-state index contributed by atoms with van der Waals surface area (Å²) in [5.41, 5.74) is 4.65. The SMILES string of the molecule is CCN(CC)S(=O)(=O)c1cc(C)c(C)c(NC(=O)CSCc2ccc(C)cc2)c1. The number of benzene rings is 2. The van der Waals surface area contributed by atoms with Crippen molar-refractivity contribution in [1.29, 1.82) is 0 Å². The smallest absolute Gasteiger partial charge is 0.243 e. The average molecular weight is 435 g/mol. The molecule has 0 fully saturated rings. The molecule has 1 N–H and O–H groups in total. The third kappa shape index (κ3) is 6.07. The Kier molecular flexibility index (Phi) is 8.31. The number of hydrogen-bond donors (Lipinski definition) is 1. The van der Waals surface area contributed by atoms with Gasteiger partial charge in [-0.15, -0.1) is 11.8 Å². The van der Waals surface area contributed by atoms with Gasteiger partial charge in [-0.05, 0) is 49.6 Å². The van der Waals surface area contributed by atoms with E-state index in [1.165, 1.54) is 27.2 Å². The Morgan fingerprint density at radius 1 is 1.03 bits per heavy atom. The summed E-state index contributed by atoms with van der Waals surface area (Å²) in [7, 11) is -3.58. The Hall–Kier alpha value is -1.83. The van der Waals surface area contributed by atoms with Crippen molar-refractivity contribution in [3.8, 4) is 0 Å². The van der Waals surface area contributed by atoms with Crippen molar-refractivity contribution >= 4 is 33.4 Å². The van der Waals surface area contributed by atoms with Crippen LogP contribution < -0.4 is 5.32 Å². The summed E-state index contributed by atoms with van der Waals surface area (Å²) in [6.07, 6.45) is 0. The van der Waals surface area contributed by atoms with Crippen molar-refractivity contribution in [2.45, 2.75) is 45.3 Å². The molecule has 0 heterocycles. The normalized spacial score (nSPS) is 11.7. The maximum absolute atomic E-state index is 12.9. The number of amides is 1. The van der Waals surface area contributed by atoms with E-state index in [2.05, 4.69) is 29.6 Å². The topological polar surface area (TPSA) is 66.5 Å². The summed E-state index contributed by atoms with van der Waals surface area (Å²) in [5, 5.41) is 2.89. The molecular weight excluding hydrogens is 404 g/mol. The molecule has 0 saturated heterocycles. The van der Waals surface area contributed by atoms with E-state index in [0.29, 0.717) is 24.5 Å². The molecule has 0 atom stereocenters. The van der Waals surface area contributed by atoms with Gasteiger partial charge in [0.05, 0.1) is 10.6 Å². The van der Waals surface area contributed by atoms with Gasteiger partial charge in [0, 0.05) is 24.5 Å². The van der Waals surface area contributed by atoms with Crippen LogP contribution in [0.1, 0.15) is 36.1 Å². The van der Waals surface area contributed by atoms with E-state index in [0.717, 1.165) is 16.9 Å². The molecule has 0 bridgehead atoms. The quantitative estimate of drug-likeness (QED) is 0.630. The highest BCUT2D eigenvalue weighted by molar-refractivity contribution is 7.99. The number of nitrogens with zero attached hydrogens (tertiary/aromatic N) is 1. The lowest BCUT2D eigenvalue weighted by Crippen LogP contribution is -2.30. The Morgan fingerprint density at radius 3 is 2.24 bits per heavy atom. The molecule has 1 amide bonds. The highest BCUT2D eigenvalue weighted by atomic mass is 32.2. The molecule has 158 valence electrons. The first-order valence-corrected chi connectivity index (χ1v) is 12.3. The van der Waals surface area contributed by atoms with Crippen molar-refractivity contribution in [3.63, 3.8) is 0 Å². The Morgan fingerprint density at radius 2 is 1.66 bits per heavy atom. The summed E-state index contributed by atoms with van der Waals surface area (Å²) in [6, 6.07) is 11.5. The van der Waals surface area contributed by atoms with Crippen LogP contribution in [-0.4, -0.2) is 37.5 Å². The predicted octanol–water partition coefficient (Wildman–Crippen LogP) is 4.51. The first kappa shape index (κ1) is 23.4. The summed E-state index contributed by atoms with van der Waals surface area (Å²) < 4.78 is 27.1. The number of hydrogen-bond acceptors (Lipinski definition) is 4. The molecule has 0 aromatic heterocycles. The first-order chi connectivity index (χ1) is 13.7. The van der Waals surface area contributed by atoms with Crippen molar-refractivity contribution < 1.29 is 13.2 Å². The van der Waals surface area contributed by atoms with Gasteiger partial charge >= 0.3 is 0 Å². The van der Waals surface area contributed by atoms with Gasteiger partial charge in [-0.1, -0.05) is 43.7 Å². The zero-order chi connectivity index (χ0) is 21.6. The number of rotatable bonds is 9. The van der Waals surface area contributed by atoms with Crippen LogP contribution in [-0.2, 0) is 20.6 Å². The predicted molar refractivity (Wildman–Crippen MR) is 122 cm³/mol. The molecule has 0 aliphatic heterocycles. The van der Waals surface area contributed by atoms with Gasteiger partial charge in [0.25, 0.3) is 0 Å². The summed E-state index contributed by atoms with van der Waals surface area (Å²) in [6.45, 7) is 10.2. The molecule has 0 saturated carbocycles. The van der Waals surface area contributed by atoms with E-state index in [9.17, 15) is 13.2 Å². The van der Waals surface area contributed by atoms with Crippen LogP contribution in [0.4, 0.5) is 5.69 Å². The van der Waals surface area contributed by atoms with Crippen LogP contribution in [0.2, 0.25) is 0 Å². The number of aryl methyl sites for hydroxylation is 2. The molecule has 0 aliphatic rings. The van der Waals surface area contributed by atoms with Crippen LogP contribution in [0.15, 0.2) is 41.3 Å². The van der Waals surface area contributed by atoms with Gasteiger partial charge < -0.3 is 5.32 Å². The van der Waals surface area contributed by atoms with Crippen LogP contribution in [0, 0.1) is 20.8 Å². The van der Waals surface area contributed by atoms with Gasteiger partial charge in [-0.25, -0.2) is 8.42 Å². The second-order valence-corrected chi connectivity index (χ2v) is 9.95. The molecule has 0 aliphatic carbocycles. The maximum atomic E-state index is 12.9. The van der Waals surface area contributed by atoms with E-state index in [4.69, 9.17) is 0 Å². The fourth-order valence-electron chi connectivity index (χ4n) is 2.95. The number of sulfonamides is 1. The lowest BCUT2D eigenvalue weighted by Gasteiger charge is -2.20. The van der Waals surface area contributed by atoms with Gasteiger partial charge in [-0.3, -0.25) is 4.79 Å². The van der Waals surface area contributed by atoms with Crippen LogP contribution >= 0.6 is 11.8 Å². The summed E-state index contributed by atoms with van der Waals surface area (Å²) >= 11 is 1.53. The second kappa shape index (κ2) is 10.3. The van der Waals surface area contributed by atoms with Crippen LogP contribution in [0.5, 0.6) is 0 Å². The Balaban J connectivity index is 2.10. The molecule has 2 rings (SSSR count). The number of anilines is 1. The van der Waals surface area contributed by atoms with Crippen molar-refractivity contribution in [1.82, 2.24) is 4.31 Å². The van der Waals surface area contributed by atoms with Gasteiger partial charge in [0.15, 0.2) is 0 Å². The molecule has 2 aromatic rings. The molecule has 29 heavy (non-hydrogen) atoms. The van der Waals surface area contributed by atoms with Gasteiger partial charge in [0.2, 0.25) is 15.9 Å². The number of thioether (sulfide) groups is 1. The zero-order valence-corrected chi connectivity index (χ0v) is 19.4. The number of carbonyl (C=O) groups excluding carboxylic acids is 1. The van der Waals surface area contributed by atoms with E-state index < -0.39 is 10.0 Å². The summed E-state index contributed by atoms with van der Waals surface area (Å²) in [4.78, 5) is 12.7. The van der Waals surface area contributed by atoms with E-state index in [1.54, 1.807) is 12.1 Å². The molecule has 7 heteroatoms. The van der Waals surface area contributed by atoms with E-state index in [-0.39, 0.29) is 10.8 Å². The highest BCUT2D eigenvalue weighted by Crippen LogP contribution is 2.26. The largest absolute Gasteiger partial charge is 0.325 e. The van der Waals surface area contributed by atoms with Crippen molar-refractivity contribution in [2.24, 2.45) is 0 Å².